The zero-order chi connectivity index (χ0) is 28.6. The van der Waals surface area contributed by atoms with Gasteiger partial charge in [-0.3, -0.25) is 19.2 Å². The fourth-order valence-electron chi connectivity index (χ4n) is 3.51. The van der Waals surface area contributed by atoms with Crippen molar-refractivity contribution in [2.75, 3.05) is 20.8 Å². The van der Waals surface area contributed by atoms with Gasteiger partial charge in [-0.1, -0.05) is 5.21 Å². The van der Waals surface area contributed by atoms with Gasteiger partial charge in [0.05, 0.1) is 20.1 Å². The molecule has 2 rings (SSSR count). The molecule has 1 aliphatic rings. The SMILES string of the molecule is COC(=O)c1nnn(CS[C@@H]2O[C@H](COC(C)=O)[C@@H](OC(C)=O)[C@H](OC(C)=O)[C@H]2NC(C)=O)c1C(=O)OC. The fourth-order valence-corrected chi connectivity index (χ4v) is 4.63. The van der Waals surface area contributed by atoms with E-state index in [0.29, 0.717) is 0 Å². The number of carbonyl (C=O) groups excluding carboxylic acids is 6. The number of amides is 1. The van der Waals surface area contributed by atoms with E-state index in [1.807, 2.05) is 0 Å². The third kappa shape index (κ3) is 7.88. The molecule has 1 N–H and O–H groups in total. The van der Waals surface area contributed by atoms with Gasteiger partial charge in [0.15, 0.2) is 17.9 Å². The molecule has 1 aliphatic heterocycles. The van der Waals surface area contributed by atoms with Crippen LogP contribution in [0.5, 0.6) is 0 Å². The highest BCUT2D eigenvalue weighted by Crippen LogP contribution is 2.33. The van der Waals surface area contributed by atoms with Crippen molar-refractivity contribution in [3.8, 4) is 0 Å². The number of carbonyl (C=O) groups is 6. The van der Waals surface area contributed by atoms with Gasteiger partial charge >= 0.3 is 29.8 Å². The maximum Gasteiger partial charge on any atom is 0.361 e. The van der Waals surface area contributed by atoms with E-state index in [9.17, 15) is 28.8 Å². The number of hydrogen-bond donors (Lipinski definition) is 1. The Labute approximate surface area is 220 Å². The standard InChI is InChI=1S/C21H28N4O12S/c1-9(26)22-15-18(36-12(4)29)17(35-11(3)28)13(7-34-10(2)27)37-21(15)38-8-25-16(20(31)33-6)14(23-24-25)19(30)32-5/h13,15,17-18,21H,7-8H2,1-6H3,(H,22,26)/t13-,15-,17-,18-,21+/m1/s1. The molecule has 1 aromatic heterocycles. The minimum Gasteiger partial charge on any atom is -0.464 e. The van der Waals surface area contributed by atoms with E-state index < -0.39 is 65.5 Å². The van der Waals surface area contributed by atoms with Crippen LogP contribution in [0.1, 0.15) is 48.7 Å². The quantitative estimate of drug-likeness (QED) is 0.275. The number of nitrogens with one attached hydrogen (secondary N) is 1. The molecule has 0 aromatic carbocycles. The largest absolute Gasteiger partial charge is 0.464 e. The second kappa shape index (κ2) is 13.7. The van der Waals surface area contributed by atoms with Crippen LogP contribution >= 0.6 is 11.8 Å². The van der Waals surface area contributed by atoms with Gasteiger partial charge in [0.1, 0.15) is 24.2 Å². The first-order valence-electron chi connectivity index (χ1n) is 11.0. The summed E-state index contributed by atoms with van der Waals surface area (Å²) < 4.78 is 32.3. The first kappa shape index (κ1) is 30.5. The lowest BCUT2D eigenvalue weighted by Gasteiger charge is -2.45. The summed E-state index contributed by atoms with van der Waals surface area (Å²) in [6.45, 7) is 4.25. The average Bonchev–Trinajstić information content (AvgIpc) is 3.26. The van der Waals surface area contributed by atoms with Crippen LogP contribution in [-0.2, 0) is 53.5 Å². The molecule has 17 heteroatoms. The van der Waals surface area contributed by atoms with Gasteiger partial charge in [0.25, 0.3) is 0 Å². The molecule has 38 heavy (non-hydrogen) atoms. The number of esters is 5. The van der Waals surface area contributed by atoms with E-state index in [0.717, 1.165) is 51.4 Å². The molecular weight excluding hydrogens is 532 g/mol. The van der Waals surface area contributed by atoms with Gasteiger partial charge in [-0.15, -0.1) is 16.9 Å². The molecule has 0 bridgehead atoms. The van der Waals surface area contributed by atoms with E-state index in [1.165, 1.54) is 6.92 Å². The van der Waals surface area contributed by atoms with Gasteiger partial charge in [0.2, 0.25) is 11.6 Å². The van der Waals surface area contributed by atoms with E-state index in [1.54, 1.807) is 0 Å². The maximum atomic E-state index is 12.3. The van der Waals surface area contributed by atoms with Crippen molar-refractivity contribution in [3.05, 3.63) is 11.4 Å². The van der Waals surface area contributed by atoms with Crippen molar-refractivity contribution in [2.45, 2.75) is 63.4 Å². The Balaban J connectivity index is 2.46. The predicted octanol–water partition coefficient (Wildman–Crippen LogP) is -0.802. The Hall–Kier alpha value is -3.73. The second-order valence-corrected chi connectivity index (χ2v) is 8.84. The third-order valence-corrected chi connectivity index (χ3v) is 6.05. The molecule has 1 saturated heterocycles. The van der Waals surface area contributed by atoms with Gasteiger partial charge in [0, 0.05) is 27.7 Å². The normalized spacial score (nSPS) is 22.5. The van der Waals surface area contributed by atoms with Crippen molar-refractivity contribution in [2.24, 2.45) is 0 Å². The van der Waals surface area contributed by atoms with Gasteiger partial charge in [-0.05, 0) is 0 Å². The van der Waals surface area contributed by atoms with Crippen molar-refractivity contribution >= 4 is 47.5 Å². The molecule has 5 atom stereocenters. The van der Waals surface area contributed by atoms with Crippen molar-refractivity contribution < 1.29 is 57.2 Å². The summed E-state index contributed by atoms with van der Waals surface area (Å²) in [6.07, 6.45) is -3.63. The summed E-state index contributed by atoms with van der Waals surface area (Å²) in [6, 6.07) is -1.08. The number of rotatable bonds is 10. The van der Waals surface area contributed by atoms with Crippen LogP contribution in [0.25, 0.3) is 0 Å². The van der Waals surface area contributed by atoms with E-state index in [-0.39, 0.29) is 23.9 Å². The number of methoxy groups -OCH3 is 2. The topological polar surface area (TPSA) is 201 Å². The van der Waals surface area contributed by atoms with Crippen LogP contribution in [0.2, 0.25) is 0 Å². The predicted molar refractivity (Wildman–Crippen MR) is 124 cm³/mol. The van der Waals surface area contributed by atoms with Crippen molar-refractivity contribution in [1.82, 2.24) is 20.3 Å². The second-order valence-electron chi connectivity index (χ2n) is 7.79. The number of nitrogens with zero attached hydrogens (tertiary/aromatic N) is 3. The third-order valence-electron chi connectivity index (χ3n) is 4.92. The zero-order valence-corrected chi connectivity index (χ0v) is 22.3. The highest BCUT2D eigenvalue weighted by molar-refractivity contribution is 7.98. The van der Waals surface area contributed by atoms with E-state index in [4.69, 9.17) is 23.7 Å². The molecule has 0 saturated carbocycles. The van der Waals surface area contributed by atoms with Crippen LogP contribution < -0.4 is 5.32 Å². The molecule has 1 aromatic rings. The van der Waals surface area contributed by atoms with Crippen LogP contribution in [0.3, 0.4) is 0 Å². The van der Waals surface area contributed by atoms with Crippen molar-refractivity contribution in [1.29, 1.82) is 0 Å². The molecular formula is C21H28N4O12S. The molecule has 1 fully saturated rings. The molecule has 0 radical (unpaired) electrons. The zero-order valence-electron chi connectivity index (χ0n) is 21.4. The molecule has 0 aliphatic carbocycles. The van der Waals surface area contributed by atoms with Crippen LogP contribution in [0, 0.1) is 0 Å². The minimum atomic E-state index is -1.26. The van der Waals surface area contributed by atoms with Crippen molar-refractivity contribution in [3.63, 3.8) is 0 Å². The molecule has 2 heterocycles. The van der Waals surface area contributed by atoms with E-state index >= 15 is 0 Å². The Morgan fingerprint density at radius 1 is 0.921 bits per heavy atom. The average molecular weight is 561 g/mol. The Morgan fingerprint density at radius 2 is 1.53 bits per heavy atom. The number of thioether (sulfide) groups is 1. The Morgan fingerprint density at radius 3 is 2.05 bits per heavy atom. The molecule has 0 spiro atoms. The first-order chi connectivity index (χ1) is 17.9. The maximum absolute atomic E-state index is 12.3. The molecule has 210 valence electrons. The lowest BCUT2D eigenvalue weighted by molar-refractivity contribution is -0.211. The summed E-state index contributed by atoms with van der Waals surface area (Å²) in [5, 5.41) is 10.1. The van der Waals surface area contributed by atoms with Crippen LogP contribution in [0.4, 0.5) is 0 Å². The molecule has 16 nitrogen and oxygen atoms in total. The van der Waals surface area contributed by atoms with Gasteiger partial charge < -0.3 is 33.7 Å². The number of aromatic nitrogens is 3. The fraction of sp³-hybridized carbons (Fsp3) is 0.619. The van der Waals surface area contributed by atoms with E-state index in [2.05, 4.69) is 20.4 Å². The molecule has 1 amide bonds. The van der Waals surface area contributed by atoms with Gasteiger partial charge in [-0.2, -0.15) is 0 Å². The highest BCUT2D eigenvalue weighted by Gasteiger charge is 2.51. The van der Waals surface area contributed by atoms with Crippen LogP contribution in [0.15, 0.2) is 0 Å². The number of hydrogen-bond acceptors (Lipinski definition) is 15. The first-order valence-corrected chi connectivity index (χ1v) is 12.1. The minimum absolute atomic E-state index is 0.180. The summed E-state index contributed by atoms with van der Waals surface area (Å²) >= 11 is 0.956. The monoisotopic (exact) mass is 560 g/mol. The number of ether oxygens (including phenoxy) is 6. The Bertz CT molecular complexity index is 1080. The summed E-state index contributed by atoms with van der Waals surface area (Å²) in [7, 11) is 2.20. The lowest BCUT2D eigenvalue weighted by atomic mass is 9.97. The smallest absolute Gasteiger partial charge is 0.361 e. The van der Waals surface area contributed by atoms with Crippen LogP contribution in [-0.4, -0.2) is 101 Å². The highest BCUT2D eigenvalue weighted by atomic mass is 32.2. The van der Waals surface area contributed by atoms with Gasteiger partial charge in [-0.25, -0.2) is 14.3 Å². The molecule has 0 unspecified atom stereocenters. The summed E-state index contributed by atoms with van der Waals surface area (Å²) in [5.41, 5.74) is -1.72. The lowest BCUT2D eigenvalue weighted by Crippen LogP contribution is -2.65. The summed E-state index contributed by atoms with van der Waals surface area (Å²) in [4.78, 5) is 71.7. The Kier molecular flexibility index (Phi) is 11.0. The summed E-state index contributed by atoms with van der Waals surface area (Å²) in [5.74, 6) is -4.67.